The summed E-state index contributed by atoms with van der Waals surface area (Å²) in [5.41, 5.74) is 0.662. The Hall–Kier alpha value is -2.78. The van der Waals surface area contributed by atoms with Gasteiger partial charge >= 0.3 is 0 Å². The zero-order valence-electron chi connectivity index (χ0n) is 19.5. The van der Waals surface area contributed by atoms with Gasteiger partial charge in [0.1, 0.15) is 0 Å². The maximum absolute atomic E-state index is 13.6. The van der Waals surface area contributed by atoms with Gasteiger partial charge in [0.25, 0.3) is 15.9 Å². The quantitative estimate of drug-likeness (QED) is 0.355. The van der Waals surface area contributed by atoms with Crippen molar-refractivity contribution in [1.29, 1.82) is 0 Å². The predicted molar refractivity (Wildman–Crippen MR) is 142 cm³/mol. The molecule has 36 heavy (non-hydrogen) atoms. The molecule has 1 aliphatic heterocycles. The molecule has 7 nitrogen and oxygen atoms in total. The van der Waals surface area contributed by atoms with Crippen LogP contribution in [0.2, 0.25) is 10.0 Å². The lowest BCUT2D eigenvalue weighted by molar-refractivity contribution is 0.0950. The lowest BCUT2D eigenvalue weighted by Crippen LogP contribution is -2.34. The van der Waals surface area contributed by atoms with Crippen LogP contribution in [-0.2, 0) is 10.0 Å². The summed E-state index contributed by atoms with van der Waals surface area (Å²) in [6, 6.07) is 18.6. The van der Waals surface area contributed by atoms with Crippen LogP contribution in [0.1, 0.15) is 29.6 Å². The third-order valence-corrected chi connectivity index (χ3v) is 8.09. The second-order valence-electron chi connectivity index (χ2n) is 8.50. The van der Waals surface area contributed by atoms with E-state index in [0.717, 1.165) is 36.8 Å². The Morgan fingerprint density at radius 3 is 2.36 bits per heavy atom. The molecule has 3 aromatic carbocycles. The van der Waals surface area contributed by atoms with Gasteiger partial charge in [-0.15, -0.1) is 0 Å². The van der Waals surface area contributed by atoms with E-state index in [1.165, 1.54) is 36.4 Å². The highest BCUT2D eigenvalue weighted by atomic mass is 35.5. The van der Waals surface area contributed by atoms with Gasteiger partial charge in [-0.3, -0.25) is 4.79 Å². The third kappa shape index (κ3) is 6.50. The molecule has 1 aliphatic rings. The van der Waals surface area contributed by atoms with Crippen LogP contribution >= 0.6 is 23.2 Å². The minimum Gasteiger partial charge on any atom is -0.363 e. The number of halogens is 2. The minimum atomic E-state index is -4.17. The Morgan fingerprint density at radius 1 is 1.00 bits per heavy atom. The standard InChI is InChI=1S/C26H27Cl2N3O4S/c27-21-8-11-25(24(28)18-21)35-31(22-4-2-1-3-5-22)36(33,34)23-9-6-20(7-10-23)26(32)30-17-14-19-12-15-29-16-13-19/h1-11,18-19,29H,12-17H2,(H,30,32). The first-order valence-corrected chi connectivity index (χ1v) is 13.9. The number of sulfonamides is 1. The molecule has 3 aromatic rings. The molecule has 2 N–H and O–H groups in total. The number of piperidine rings is 1. The highest BCUT2D eigenvalue weighted by Crippen LogP contribution is 2.32. The average Bonchev–Trinajstić information content (AvgIpc) is 2.89. The van der Waals surface area contributed by atoms with Crippen molar-refractivity contribution < 1.29 is 18.0 Å². The number of para-hydroxylation sites is 1. The van der Waals surface area contributed by atoms with E-state index in [4.69, 9.17) is 28.0 Å². The number of nitrogens with zero attached hydrogens (tertiary/aromatic N) is 1. The van der Waals surface area contributed by atoms with E-state index < -0.39 is 10.0 Å². The molecule has 0 saturated carbocycles. The third-order valence-electron chi connectivity index (χ3n) is 5.97. The number of carbonyl (C=O) groups excluding carboxylic acids is 1. The molecule has 0 aromatic heterocycles. The predicted octanol–water partition coefficient (Wildman–Crippen LogP) is 5.30. The number of anilines is 1. The number of amides is 1. The van der Waals surface area contributed by atoms with Crippen LogP contribution in [0.5, 0.6) is 5.75 Å². The number of nitrogens with one attached hydrogen (secondary N) is 2. The molecular formula is C26H27Cl2N3O4S. The molecule has 0 atom stereocenters. The molecule has 1 fully saturated rings. The SMILES string of the molecule is O=C(NCCC1CCNCC1)c1ccc(S(=O)(=O)N(Oc2ccc(Cl)cc2Cl)c2ccccc2)cc1. The van der Waals surface area contributed by atoms with Crippen molar-refractivity contribution in [3.05, 3.63) is 88.4 Å². The fourth-order valence-electron chi connectivity index (χ4n) is 3.97. The molecule has 1 saturated heterocycles. The van der Waals surface area contributed by atoms with Crippen molar-refractivity contribution in [2.45, 2.75) is 24.2 Å². The van der Waals surface area contributed by atoms with Gasteiger partial charge < -0.3 is 15.5 Å². The number of hydrogen-bond donors (Lipinski definition) is 2. The number of rotatable bonds is 9. The number of benzene rings is 3. The van der Waals surface area contributed by atoms with Gasteiger partial charge in [0, 0.05) is 17.1 Å². The smallest absolute Gasteiger partial charge is 0.295 e. The molecule has 190 valence electrons. The van der Waals surface area contributed by atoms with Crippen molar-refractivity contribution in [2.24, 2.45) is 5.92 Å². The van der Waals surface area contributed by atoms with Gasteiger partial charge in [-0.25, -0.2) is 0 Å². The van der Waals surface area contributed by atoms with Crippen LogP contribution in [0.4, 0.5) is 5.69 Å². The first-order valence-electron chi connectivity index (χ1n) is 11.7. The summed E-state index contributed by atoms with van der Waals surface area (Å²) in [7, 11) is -4.17. The zero-order valence-corrected chi connectivity index (χ0v) is 21.8. The van der Waals surface area contributed by atoms with E-state index in [0.29, 0.717) is 23.0 Å². The highest BCUT2D eigenvalue weighted by molar-refractivity contribution is 7.92. The van der Waals surface area contributed by atoms with Gasteiger partial charge in [-0.2, -0.15) is 8.42 Å². The summed E-state index contributed by atoms with van der Waals surface area (Å²) in [6.45, 7) is 2.62. The Labute approximate surface area is 221 Å². The fourth-order valence-corrected chi connectivity index (χ4v) is 5.66. The second kappa shape index (κ2) is 12.0. The van der Waals surface area contributed by atoms with Crippen molar-refractivity contribution in [3.63, 3.8) is 0 Å². The van der Waals surface area contributed by atoms with Crippen LogP contribution in [0.3, 0.4) is 0 Å². The normalized spacial score (nSPS) is 14.3. The first-order chi connectivity index (χ1) is 17.3. The fraction of sp³-hybridized carbons (Fsp3) is 0.269. The molecule has 0 aliphatic carbocycles. The first kappa shape index (κ1) is 26.3. The largest absolute Gasteiger partial charge is 0.363 e. The van der Waals surface area contributed by atoms with Crippen LogP contribution < -0.4 is 19.9 Å². The molecule has 0 bridgehead atoms. The van der Waals surface area contributed by atoms with Crippen LogP contribution in [0, 0.1) is 5.92 Å². The molecule has 0 radical (unpaired) electrons. The summed E-state index contributed by atoms with van der Waals surface area (Å²) in [5.74, 6) is 0.493. The minimum absolute atomic E-state index is 0.0392. The van der Waals surface area contributed by atoms with E-state index in [1.54, 1.807) is 36.4 Å². The lowest BCUT2D eigenvalue weighted by Gasteiger charge is -2.24. The van der Waals surface area contributed by atoms with Gasteiger partial charge in [0.05, 0.1) is 15.6 Å². The summed E-state index contributed by atoms with van der Waals surface area (Å²) in [5, 5.41) is 6.82. The highest BCUT2D eigenvalue weighted by Gasteiger charge is 2.28. The van der Waals surface area contributed by atoms with Crippen molar-refractivity contribution >= 4 is 44.8 Å². The van der Waals surface area contributed by atoms with E-state index >= 15 is 0 Å². The summed E-state index contributed by atoms with van der Waals surface area (Å²) < 4.78 is 27.9. The zero-order chi connectivity index (χ0) is 25.5. The molecule has 1 amide bonds. The van der Waals surface area contributed by atoms with Crippen molar-refractivity contribution in [3.8, 4) is 5.75 Å². The van der Waals surface area contributed by atoms with E-state index in [-0.39, 0.29) is 27.3 Å². The second-order valence-corrected chi connectivity index (χ2v) is 11.1. The molecular weight excluding hydrogens is 521 g/mol. The Bertz CT molecular complexity index is 1280. The molecule has 10 heteroatoms. The number of hydrogen-bond acceptors (Lipinski definition) is 5. The van der Waals surface area contributed by atoms with Crippen LogP contribution in [0.25, 0.3) is 0 Å². The van der Waals surface area contributed by atoms with Crippen molar-refractivity contribution in [1.82, 2.24) is 10.6 Å². The maximum atomic E-state index is 13.6. The van der Waals surface area contributed by atoms with Crippen molar-refractivity contribution in [2.75, 3.05) is 24.1 Å². The molecule has 1 heterocycles. The maximum Gasteiger partial charge on any atom is 0.295 e. The van der Waals surface area contributed by atoms with E-state index in [2.05, 4.69) is 10.6 Å². The van der Waals surface area contributed by atoms with Gasteiger partial charge in [-0.1, -0.05) is 45.9 Å². The Morgan fingerprint density at radius 2 is 1.69 bits per heavy atom. The summed E-state index contributed by atoms with van der Waals surface area (Å²) in [6.07, 6.45) is 3.16. The molecule has 0 unspecified atom stereocenters. The topological polar surface area (TPSA) is 87.7 Å². The van der Waals surface area contributed by atoms with Crippen LogP contribution in [0.15, 0.2) is 77.7 Å². The Balaban J connectivity index is 1.50. The van der Waals surface area contributed by atoms with Gasteiger partial charge in [0.2, 0.25) is 0 Å². The lowest BCUT2D eigenvalue weighted by atomic mass is 9.95. The summed E-state index contributed by atoms with van der Waals surface area (Å²) in [4.78, 5) is 18.3. The van der Waals surface area contributed by atoms with Gasteiger partial charge in [-0.05, 0) is 92.9 Å². The molecule has 4 rings (SSSR count). The Kier molecular flexibility index (Phi) is 8.74. The summed E-state index contributed by atoms with van der Waals surface area (Å²) >= 11 is 12.2. The number of carbonyl (C=O) groups is 1. The van der Waals surface area contributed by atoms with E-state index in [9.17, 15) is 13.2 Å². The van der Waals surface area contributed by atoms with Gasteiger partial charge in [0.15, 0.2) is 5.75 Å². The monoisotopic (exact) mass is 547 g/mol. The average molecular weight is 548 g/mol. The molecule has 0 spiro atoms. The van der Waals surface area contributed by atoms with Crippen LogP contribution in [-0.4, -0.2) is 34.0 Å². The van der Waals surface area contributed by atoms with E-state index in [1.807, 2.05) is 0 Å².